The highest BCUT2D eigenvalue weighted by Crippen LogP contribution is 2.41. The molecular formula is C12H16N2O. The SMILES string of the molecule is NC1C2CCC(N2)C1c1ccccc1O. The lowest BCUT2D eigenvalue weighted by atomic mass is 9.80. The van der Waals surface area contributed by atoms with Crippen LogP contribution in [-0.4, -0.2) is 23.2 Å². The molecule has 2 bridgehead atoms. The van der Waals surface area contributed by atoms with Crippen LogP contribution in [0.5, 0.6) is 5.75 Å². The molecule has 0 radical (unpaired) electrons. The molecule has 4 N–H and O–H groups in total. The predicted molar refractivity (Wildman–Crippen MR) is 58.8 cm³/mol. The first-order valence-electron chi connectivity index (χ1n) is 5.57. The molecular weight excluding hydrogens is 188 g/mol. The summed E-state index contributed by atoms with van der Waals surface area (Å²) in [4.78, 5) is 0. The topological polar surface area (TPSA) is 58.3 Å². The van der Waals surface area contributed by atoms with E-state index >= 15 is 0 Å². The molecule has 1 aromatic carbocycles. The van der Waals surface area contributed by atoms with Crippen molar-refractivity contribution in [3.8, 4) is 5.75 Å². The molecule has 0 saturated carbocycles. The molecule has 2 aliphatic rings. The van der Waals surface area contributed by atoms with Gasteiger partial charge in [0.2, 0.25) is 0 Å². The summed E-state index contributed by atoms with van der Waals surface area (Å²) in [5, 5.41) is 13.4. The molecule has 0 amide bonds. The Bertz CT molecular complexity index is 378. The maximum absolute atomic E-state index is 9.83. The lowest BCUT2D eigenvalue weighted by Crippen LogP contribution is -2.38. The summed E-state index contributed by atoms with van der Waals surface area (Å²) < 4.78 is 0. The van der Waals surface area contributed by atoms with Gasteiger partial charge in [0.25, 0.3) is 0 Å². The van der Waals surface area contributed by atoms with E-state index in [1.807, 2.05) is 18.2 Å². The number of hydrogen-bond donors (Lipinski definition) is 3. The number of hydrogen-bond acceptors (Lipinski definition) is 3. The Labute approximate surface area is 89.3 Å². The van der Waals surface area contributed by atoms with Gasteiger partial charge in [-0.1, -0.05) is 18.2 Å². The summed E-state index contributed by atoms with van der Waals surface area (Å²) >= 11 is 0. The number of rotatable bonds is 1. The van der Waals surface area contributed by atoms with Gasteiger partial charge in [-0.25, -0.2) is 0 Å². The monoisotopic (exact) mass is 204 g/mol. The first-order valence-corrected chi connectivity index (χ1v) is 5.57. The molecule has 2 saturated heterocycles. The Kier molecular flexibility index (Phi) is 1.97. The van der Waals surface area contributed by atoms with E-state index in [1.54, 1.807) is 6.07 Å². The number of phenolic OH excluding ortho intramolecular Hbond substituents is 1. The van der Waals surface area contributed by atoms with Crippen LogP contribution in [-0.2, 0) is 0 Å². The van der Waals surface area contributed by atoms with E-state index in [0.717, 1.165) is 5.56 Å². The quantitative estimate of drug-likeness (QED) is 0.638. The zero-order chi connectivity index (χ0) is 10.4. The largest absolute Gasteiger partial charge is 0.508 e. The van der Waals surface area contributed by atoms with E-state index in [0.29, 0.717) is 17.8 Å². The maximum Gasteiger partial charge on any atom is 0.119 e. The third-order valence-electron chi connectivity index (χ3n) is 3.83. The van der Waals surface area contributed by atoms with Crippen LogP contribution in [0.3, 0.4) is 0 Å². The van der Waals surface area contributed by atoms with Gasteiger partial charge in [-0.3, -0.25) is 0 Å². The van der Waals surface area contributed by atoms with Gasteiger partial charge in [0, 0.05) is 29.6 Å². The number of fused-ring (bicyclic) bond motifs is 2. The van der Waals surface area contributed by atoms with E-state index in [2.05, 4.69) is 5.32 Å². The Morgan fingerprint density at radius 2 is 1.93 bits per heavy atom. The zero-order valence-corrected chi connectivity index (χ0v) is 8.56. The molecule has 4 atom stereocenters. The Hall–Kier alpha value is -1.06. The van der Waals surface area contributed by atoms with E-state index in [-0.39, 0.29) is 12.0 Å². The minimum absolute atomic E-state index is 0.150. The lowest BCUT2D eigenvalue weighted by molar-refractivity contribution is 0.414. The van der Waals surface area contributed by atoms with Crippen molar-refractivity contribution in [2.75, 3.05) is 0 Å². The first kappa shape index (κ1) is 9.19. The van der Waals surface area contributed by atoms with Gasteiger partial charge in [0.05, 0.1) is 0 Å². The van der Waals surface area contributed by atoms with Crippen molar-refractivity contribution < 1.29 is 5.11 Å². The van der Waals surface area contributed by atoms with E-state index < -0.39 is 0 Å². The van der Waals surface area contributed by atoms with Crippen molar-refractivity contribution in [1.29, 1.82) is 0 Å². The van der Waals surface area contributed by atoms with Crippen LogP contribution < -0.4 is 11.1 Å². The van der Waals surface area contributed by atoms with Crippen LogP contribution in [0.1, 0.15) is 24.3 Å². The second-order valence-corrected chi connectivity index (χ2v) is 4.62. The molecule has 3 rings (SSSR count). The Balaban J connectivity index is 1.98. The fourth-order valence-corrected chi connectivity index (χ4v) is 3.10. The minimum Gasteiger partial charge on any atom is -0.508 e. The Morgan fingerprint density at radius 1 is 1.20 bits per heavy atom. The average Bonchev–Trinajstić information content (AvgIpc) is 2.80. The summed E-state index contributed by atoms with van der Waals surface area (Å²) in [5.41, 5.74) is 7.20. The average molecular weight is 204 g/mol. The van der Waals surface area contributed by atoms with Crippen LogP contribution in [0.25, 0.3) is 0 Å². The lowest BCUT2D eigenvalue weighted by Gasteiger charge is -2.27. The van der Waals surface area contributed by atoms with Crippen molar-refractivity contribution in [1.82, 2.24) is 5.32 Å². The molecule has 3 nitrogen and oxygen atoms in total. The molecule has 80 valence electrons. The number of nitrogens with two attached hydrogens (primary N) is 1. The number of phenols is 1. The number of nitrogens with one attached hydrogen (secondary N) is 1. The van der Waals surface area contributed by atoms with Crippen molar-refractivity contribution >= 4 is 0 Å². The van der Waals surface area contributed by atoms with Crippen LogP contribution in [0.15, 0.2) is 24.3 Å². The van der Waals surface area contributed by atoms with Gasteiger partial charge in [0.15, 0.2) is 0 Å². The van der Waals surface area contributed by atoms with Crippen molar-refractivity contribution in [2.24, 2.45) is 5.73 Å². The third-order valence-corrected chi connectivity index (χ3v) is 3.83. The Morgan fingerprint density at radius 3 is 2.60 bits per heavy atom. The second-order valence-electron chi connectivity index (χ2n) is 4.62. The van der Waals surface area contributed by atoms with Crippen molar-refractivity contribution in [2.45, 2.75) is 36.9 Å². The number of aromatic hydroxyl groups is 1. The van der Waals surface area contributed by atoms with E-state index in [9.17, 15) is 5.11 Å². The summed E-state index contributed by atoms with van der Waals surface area (Å²) in [6, 6.07) is 8.60. The molecule has 1 aromatic rings. The highest BCUT2D eigenvalue weighted by Gasteiger charge is 2.46. The van der Waals surface area contributed by atoms with Crippen LogP contribution in [0, 0.1) is 0 Å². The van der Waals surface area contributed by atoms with E-state index in [1.165, 1.54) is 12.8 Å². The standard InChI is InChI=1S/C12H16N2O/c13-12-9-6-5-8(14-9)11(12)7-3-1-2-4-10(7)15/h1-4,8-9,11-12,14-15H,5-6,13H2. The highest BCUT2D eigenvalue weighted by molar-refractivity contribution is 5.39. The molecule has 2 aliphatic heterocycles. The van der Waals surface area contributed by atoms with Gasteiger partial charge in [-0.15, -0.1) is 0 Å². The summed E-state index contributed by atoms with van der Waals surface area (Å²) in [5.74, 6) is 0.664. The van der Waals surface area contributed by atoms with Gasteiger partial charge in [0.1, 0.15) is 5.75 Å². The number of benzene rings is 1. The van der Waals surface area contributed by atoms with Crippen LogP contribution >= 0.6 is 0 Å². The molecule has 4 unspecified atom stereocenters. The predicted octanol–water partition coefficient (Wildman–Crippen LogP) is 0.937. The molecule has 15 heavy (non-hydrogen) atoms. The normalized spacial score (nSPS) is 38.5. The summed E-state index contributed by atoms with van der Waals surface area (Å²) in [6.07, 6.45) is 2.35. The van der Waals surface area contributed by atoms with Gasteiger partial charge in [-0.05, 0) is 18.9 Å². The van der Waals surface area contributed by atoms with Gasteiger partial charge >= 0.3 is 0 Å². The summed E-state index contributed by atoms with van der Waals surface area (Å²) in [7, 11) is 0. The van der Waals surface area contributed by atoms with Crippen molar-refractivity contribution in [3.05, 3.63) is 29.8 Å². The molecule has 3 heteroatoms. The van der Waals surface area contributed by atoms with Gasteiger partial charge < -0.3 is 16.2 Å². The third kappa shape index (κ3) is 1.27. The first-order chi connectivity index (χ1) is 7.27. The zero-order valence-electron chi connectivity index (χ0n) is 8.56. The smallest absolute Gasteiger partial charge is 0.119 e. The van der Waals surface area contributed by atoms with Gasteiger partial charge in [-0.2, -0.15) is 0 Å². The van der Waals surface area contributed by atoms with Crippen molar-refractivity contribution in [3.63, 3.8) is 0 Å². The fourth-order valence-electron chi connectivity index (χ4n) is 3.10. The molecule has 0 spiro atoms. The highest BCUT2D eigenvalue weighted by atomic mass is 16.3. The molecule has 0 aliphatic carbocycles. The number of para-hydroxylation sites is 1. The molecule has 2 fully saturated rings. The second kappa shape index (κ2) is 3.22. The van der Waals surface area contributed by atoms with Crippen LogP contribution in [0.4, 0.5) is 0 Å². The molecule has 0 aromatic heterocycles. The van der Waals surface area contributed by atoms with Crippen LogP contribution in [0.2, 0.25) is 0 Å². The maximum atomic E-state index is 9.83. The van der Waals surface area contributed by atoms with E-state index in [4.69, 9.17) is 5.73 Å². The molecule has 2 heterocycles. The summed E-state index contributed by atoms with van der Waals surface area (Å²) in [6.45, 7) is 0. The minimum atomic E-state index is 0.150. The fraction of sp³-hybridized carbons (Fsp3) is 0.500.